The first kappa shape index (κ1) is 14.4. The van der Waals surface area contributed by atoms with E-state index in [1.807, 2.05) is 0 Å². The summed E-state index contributed by atoms with van der Waals surface area (Å²) in [6.07, 6.45) is 9.69. The van der Waals surface area contributed by atoms with Crippen molar-refractivity contribution in [3.63, 3.8) is 0 Å². The zero-order chi connectivity index (χ0) is 16.8. The summed E-state index contributed by atoms with van der Waals surface area (Å²) in [7, 11) is 1.78. The summed E-state index contributed by atoms with van der Waals surface area (Å²) in [6.45, 7) is 4.64. The molecule has 0 amide bonds. The molecule has 1 aromatic carbocycles. The van der Waals surface area contributed by atoms with Gasteiger partial charge in [0.2, 0.25) is 0 Å². The Morgan fingerprint density at radius 1 is 1.28 bits per heavy atom. The highest BCUT2D eigenvalue weighted by Gasteiger charge is 2.62. The number of allylic oxidation sites excluding steroid dienone is 2. The normalized spacial score (nSPS) is 34.8. The van der Waals surface area contributed by atoms with Crippen LogP contribution in [0.3, 0.4) is 0 Å². The summed E-state index contributed by atoms with van der Waals surface area (Å²) >= 11 is 0. The van der Waals surface area contributed by atoms with Gasteiger partial charge in [-0.25, -0.2) is 0 Å². The lowest BCUT2D eigenvalue weighted by Gasteiger charge is -2.53. The molecule has 1 saturated carbocycles. The predicted molar refractivity (Wildman–Crippen MR) is 96.9 cm³/mol. The van der Waals surface area contributed by atoms with Gasteiger partial charge in [-0.2, -0.15) is 0 Å². The fourth-order valence-corrected chi connectivity index (χ4v) is 5.85. The largest absolute Gasteiger partial charge is 0.497 e. The van der Waals surface area contributed by atoms with E-state index in [1.54, 1.807) is 12.7 Å². The summed E-state index contributed by atoms with van der Waals surface area (Å²) < 4.78 is 12.3. The van der Waals surface area contributed by atoms with Gasteiger partial charge in [-0.05, 0) is 61.3 Å². The molecule has 2 heterocycles. The first-order valence-electron chi connectivity index (χ1n) is 9.72. The lowest BCUT2D eigenvalue weighted by Crippen LogP contribution is -2.59. The summed E-state index contributed by atoms with van der Waals surface area (Å²) in [5, 5.41) is 0. The van der Waals surface area contributed by atoms with Crippen LogP contribution in [0.2, 0.25) is 0 Å². The van der Waals surface area contributed by atoms with Crippen molar-refractivity contribution in [3.8, 4) is 5.75 Å². The molecule has 3 nitrogen and oxygen atoms in total. The number of methoxy groups -OCH3 is 1. The van der Waals surface area contributed by atoms with Crippen LogP contribution in [0.4, 0.5) is 0 Å². The fourth-order valence-electron chi connectivity index (χ4n) is 5.85. The van der Waals surface area contributed by atoms with E-state index in [-0.39, 0.29) is 11.5 Å². The Bertz CT molecular complexity index is 835. The Morgan fingerprint density at radius 2 is 2.16 bits per heavy atom. The van der Waals surface area contributed by atoms with Crippen molar-refractivity contribution in [1.29, 1.82) is 0 Å². The van der Waals surface area contributed by atoms with E-state index in [4.69, 9.17) is 9.47 Å². The smallest absolute Gasteiger partial charge is 0.169 e. The van der Waals surface area contributed by atoms with E-state index in [0.717, 1.165) is 30.3 Å². The number of aryl methyl sites for hydroxylation is 1. The third-order valence-corrected chi connectivity index (χ3v) is 7.20. The molecule has 1 aromatic rings. The minimum atomic E-state index is 0.0136. The lowest BCUT2D eigenvalue weighted by atomic mass is 9.57. The Balaban J connectivity index is 1.57. The number of piperidine rings is 1. The molecule has 3 aliphatic carbocycles. The molecule has 0 unspecified atom stereocenters. The molecule has 25 heavy (non-hydrogen) atoms. The maximum Gasteiger partial charge on any atom is 0.169 e. The fraction of sp³-hybridized carbons (Fsp3) is 0.545. The molecule has 2 aliphatic heterocycles. The van der Waals surface area contributed by atoms with Gasteiger partial charge in [0.1, 0.15) is 11.5 Å². The number of hydrogen-bond donors (Lipinski definition) is 0. The van der Waals surface area contributed by atoms with Crippen molar-refractivity contribution in [3.05, 3.63) is 52.3 Å². The number of hydrogen-bond acceptors (Lipinski definition) is 3. The van der Waals surface area contributed by atoms with Gasteiger partial charge >= 0.3 is 0 Å². The maximum atomic E-state index is 6.59. The van der Waals surface area contributed by atoms with E-state index >= 15 is 0 Å². The van der Waals surface area contributed by atoms with Crippen molar-refractivity contribution in [1.82, 2.24) is 4.90 Å². The second-order valence-corrected chi connectivity index (χ2v) is 8.52. The van der Waals surface area contributed by atoms with Gasteiger partial charge < -0.3 is 9.47 Å². The Hall–Kier alpha value is -1.74. The van der Waals surface area contributed by atoms with Crippen LogP contribution in [0.15, 0.2) is 35.6 Å². The molecule has 2 bridgehead atoms. The second-order valence-electron chi connectivity index (χ2n) is 8.52. The topological polar surface area (TPSA) is 21.7 Å². The van der Waals surface area contributed by atoms with Gasteiger partial charge in [0, 0.05) is 24.7 Å². The molecule has 0 N–H and O–H groups in total. The van der Waals surface area contributed by atoms with E-state index < -0.39 is 0 Å². The summed E-state index contributed by atoms with van der Waals surface area (Å²) in [5.74, 6) is 3.06. The highest BCUT2D eigenvalue weighted by Crippen LogP contribution is 2.61. The molecule has 0 radical (unpaired) electrons. The molecule has 130 valence electrons. The monoisotopic (exact) mass is 335 g/mol. The number of benzene rings is 1. The minimum absolute atomic E-state index is 0.0136. The van der Waals surface area contributed by atoms with Crippen molar-refractivity contribution in [2.45, 2.75) is 50.2 Å². The average molecular weight is 335 g/mol. The SMILES string of the molecule is COC1=CC=C2[C@H]3Cc4ccc(C)c5c4[C@@]2(CCN3CC2CC2)[C@H]1O5. The number of likely N-dealkylation sites (tertiary alicyclic amines) is 1. The molecule has 1 saturated heterocycles. The Morgan fingerprint density at radius 3 is 2.96 bits per heavy atom. The molecule has 1 spiro atoms. The van der Waals surface area contributed by atoms with E-state index in [1.165, 1.54) is 42.6 Å². The summed E-state index contributed by atoms with van der Waals surface area (Å²) in [5.41, 5.74) is 5.84. The van der Waals surface area contributed by atoms with Crippen LogP contribution in [-0.4, -0.2) is 37.2 Å². The van der Waals surface area contributed by atoms with Gasteiger partial charge in [-0.3, -0.25) is 4.90 Å². The number of rotatable bonds is 3. The minimum Gasteiger partial charge on any atom is -0.497 e. The molecular weight excluding hydrogens is 310 g/mol. The average Bonchev–Trinajstić information content (AvgIpc) is 3.37. The Kier molecular flexibility index (Phi) is 2.71. The summed E-state index contributed by atoms with van der Waals surface area (Å²) in [4.78, 5) is 2.76. The van der Waals surface area contributed by atoms with Gasteiger partial charge in [0.05, 0.1) is 12.5 Å². The van der Waals surface area contributed by atoms with E-state index in [0.29, 0.717) is 6.04 Å². The molecule has 2 fully saturated rings. The third-order valence-electron chi connectivity index (χ3n) is 7.20. The van der Waals surface area contributed by atoms with E-state index in [2.05, 4.69) is 36.1 Å². The van der Waals surface area contributed by atoms with Crippen LogP contribution < -0.4 is 4.74 Å². The zero-order valence-corrected chi connectivity index (χ0v) is 15.0. The van der Waals surface area contributed by atoms with Crippen LogP contribution in [0.5, 0.6) is 5.75 Å². The number of nitrogens with zero attached hydrogens (tertiary/aromatic N) is 1. The van der Waals surface area contributed by atoms with Crippen molar-refractivity contribution < 1.29 is 9.47 Å². The zero-order valence-electron chi connectivity index (χ0n) is 15.0. The molecular formula is C22H25NO2. The van der Waals surface area contributed by atoms with Gasteiger partial charge in [0.15, 0.2) is 6.10 Å². The van der Waals surface area contributed by atoms with Crippen molar-refractivity contribution >= 4 is 0 Å². The van der Waals surface area contributed by atoms with Crippen LogP contribution >= 0.6 is 0 Å². The first-order chi connectivity index (χ1) is 12.2. The van der Waals surface area contributed by atoms with Crippen molar-refractivity contribution in [2.75, 3.05) is 20.2 Å². The molecule has 6 rings (SSSR count). The van der Waals surface area contributed by atoms with Crippen molar-refractivity contribution in [2.24, 2.45) is 5.92 Å². The predicted octanol–water partition coefficient (Wildman–Crippen LogP) is 3.50. The standard InChI is InChI=1S/C22H25NO2/c1-13-3-6-15-11-17-16-7-8-18(24-2)21-22(16,19(15)20(13)25-21)9-10-23(17)12-14-4-5-14/h3,6-8,14,17,21H,4-5,9-12H2,1-2H3/t17-,21+,22+/m1/s1. The van der Waals surface area contributed by atoms with Crippen LogP contribution in [-0.2, 0) is 16.6 Å². The van der Waals surface area contributed by atoms with E-state index in [9.17, 15) is 0 Å². The molecule has 0 aromatic heterocycles. The molecule has 3 atom stereocenters. The van der Waals surface area contributed by atoms with Gasteiger partial charge in [-0.15, -0.1) is 0 Å². The highest BCUT2D eigenvalue weighted by molar-refractivity contribution is 5.65. The quantitative estimate of drug-likeness (QED) is 0.844. The molecule has 3 heteroatoms. The highest BCUT2D eigenvalue weighted by atomic mass is 16.5. The first-order valence-corrected chi connectivity index (χ1v) is 9.72. The summed E-state index contributed by atoms with van der Waals surface area (Å²) in [6, 6.07) is 5.14. The lowest BCUT2D eigenvalue weighted by molar-refractivity contribution is 0.0629. The third kappa shape index (κ3) is 1.70. The maximum absolute atomic E-state index is 6.59. The Labute approximate surface area is 149 Å². The van der Waals surface area contributed by atoms with Gasteiger partial charge in [-0.1, -0.05) is 18.2 Å². The van der Waals surface area contributed by atoms with Crippen LogP contribution in [0.25, 0.3) is 0 Å². The van der Waals surface area contributed by atoms with Crippen LogP contribution in [0, 0.1) is 12.8 Å². The number of ether oxygens (including phenoxy) is 2. The second kappa shape index (κ2) is 4.70. The van der Waals surface area contributed by atoms with Gasteiger partial charge in [0.25, 0.3) is 0 Å². The molecule has 5 aliphatic rings. The van der Waals surface area contributed by atoms with Crippen LogP contribution in [0.1, 0.15) is 36.0 Å².